The molecule has 5 heterocycles. The van der Waals surface area contributed by atoms with Crippen molar-refractivity contribution < 1.29 is 0 Å². The molecule has 0 amide bonds. The van der Waals surface area contributed by atoms with Crippen LogP contribution in [0.5, 0.6) is 0 Å². The van der Waals surface area contributed by atoms with Gasteiger partial charge in [-0.05, 0) is 209 Å². The average molecular weight is 1510 g/mol. The number of nitriles is 5. The Bertz CT molecular complexity index is 6040. The summed E-state index contributed by atoms with van der Waals surface area (Å²) in [7, 11) is 9.88. The molecule has 0 spiro atoms. The molecule has 5 aliphatic heterocycles. The van der Waals surface area contributed by atoms with Gasteiger partial charge in [0.15, 0.2) is 0 Å². The molecule has 10 aromatic carbocycles. The van der Waals surface area contributed by atoms with E-state index in [0.29, 0.717) is 56.3 Å². The molecule has 115 heavy (non-hydrogen) atoms. The lowest BCUT2D eigenvalue weighted by atomic mass is 10.0. The number of rotatable bonds is 5. The summed E-state index contributed by atoms with van der Waals surface area (Å²) in [5.41, 5.74) is 31.3. The maximum absolute atomic E-state index is 9.57. The van der Waals surface area contributed by atoms with Crippen LogP contribution in [0.1, 0.15) is 118 Å². The summed E-state index contributed by atoms with van der Waals surface area (Å²) < 4.78 is 0. The fraction of sp³-hybridized carbons (Fsp3) is 0.263. The second kappa shape index (κ2) is 33.0. The van der Waals surface area contributed by atoms with Crippen molar-refractivity contribution in [1.82, 2.24) is 0 Å². The highest BCUT2D eigenvalue weighted by Crippen LogP contribution is 2.55. The van der Waals surface area contributed by atoms with Gasteiger partial charge in [0, 0.05) is 63.7 Å². The summed E-state index contributed by atoms with van der Waals surface area (Å²) in [4.78, 5) is 39.0. The van der Waals surface area contributed by atoms with E-state index in [9.17, 15) is 26.3 Å². The molecule has 0 radical (unpaired) electrons. The van der Waals surface area contributed by atoms with E-state index in [4.69, 9.17) is 32.9 Å². The zero-order chi connectivity index (χ0) is 83.6. The second-order valence-corrected chi connectivity index (χ2v) is 29.6. The van der Waals surface area contributed by atoms with Gasteiger partial charge < -0.3 is 49.0 Å². The number of para-hydroxylation sites is 2. The summed E-state index contributed by atoms with van der Waals surface area (Å²) in [5, 5.41) is 47.7. The Balaban J connectivity index is 0.000000142. The number of hydrogen-bond donors (Lipinski definition) is 0. The summed E-state index contributed by atoms with van der Waals surface area (Å²) in [6.45, 7) is 68.0. The van der Waals surface area contributed by atoms with Gasteiger partial charge in [-0.25, -0.2) is 24.2 Å². The Morgan fingerprint density at radius 1 is 0.243 bits per heavy atom. The number of aryl methyl sites for hydroxylation is 10. The smallest absolute Gasteiger partial charge is 0.206 e. The molecule has 0 saturated heterocycles. The van der Waals surface area contributed by atoms with E-state index in [1.54, 1.807) is 30.3 Å². The van der Waals surface area contributed by atoms with Gasteiger partial charge in [-0.15, -0.1) is 0 Å². The zero-order valence-electron chi connectivity index (χ0n) is 68.8. The molecule has 5 aliphatic rings. The molecule has 0 saturated carbocycles. The molecule has 20 nitrogen and oxygen atoms in total. The Morgan fingerprint density at radius 3 is 0.843 bits per heavy atom. The van der Waals surface area contributed by atoms with Crippen LogP contribution in [-0.4, -0.2) is 66.1 Å². The summed E-state index contributed by atoms with van der Waals surface area (Å²) in [5.74, 6) is 0. The van der Waals surface area contributed by atoms with Crippen LogP contribution >= 0.6 is 0 Å². The van der Waals surface area contributed by atoms with Crippen LogP contribution in [0.3, 0.4) is 0 Å². The predicted molar refractivity (Wildman–Crippen MR) is 467 cm³/mol. The zero-order valence-corrected chi connectivity index (χ0v) is 68.8. The molecule has 0 N–H and O–H groups in total. The van der Waals surface area contributed by atoms with Crippen LogP contribution in [0, 0.1) is 159 Å². The van der Waals surface area contributed by atoms with Gasteiger partial charge in [-0.3, -0.25) is 0 Å². The third-order valence-electron chi connectivity index (χ3n) is 22.9. The SMILES string of the molecule is [C-]#[N+]c1ccc2c(c1C#N)N(C)[C@H](C)N2c1c(C)cccc1C.[C-]#[N+]c1ccc2c(c1C#N)N(C)[C@H](C)N2c1cc(C)c(C)cc1C.[C-]#[N+]c1ccc2c(c1C#N)N(C)[C@H](C)N2c1cc(C)ccc1C.[C-]#[N+]c1ccc2c(c1C#N)N(C)[C@H](C)N2c1ccc(C)cc1C.[C-]#[N+]c1ccc2c(c1C#N)N(C)[C@H](C)N2c1ccccc1C. The van der Waals surface area contributed by atoms with Crippen molar-refractivity contribution in [3.63, 3.8) is 0 Å². The van der Waals surface area contributed by atoms with Crippen LogP contribution in [0.2, 0.25) is 0 Å². The first-order chi connectivity index (χ1) is 55.0. The van der Waals surface area contributed by atoms with Crippen LogP contribution < -0.4 is 49.0 Å². The highest BCUT2D eigenvalue weighted by Gasteiger charge is 2.41. The molecule has 0 bridgehead atoms. The third kappa shape index (κ3) is 14.1. The highest BCUT2D eigenvalue weighted by molar-refractivity contribution is 5.97. The minimum absolute atomic E-state index is 0.0777. The van der Waals surface area contributed by atoms with E-state index >= 15 is 0 Å². The first kappa shape index (κ1) is 81.1. The van der Waals surface area contributed by atoms with Gasteiger partial charge in [0.05, 0.1) is 148 Å². The van der Waals surface area contributed by atoms with Crippen molar-refractivity contribution >= 4 is 114 Å². The van der Waals surface area contributed by atoms with E-state index in [-0.39, 0.29) is 30.8 Å². The summed E-state index contributed by atoms with van der Waals surface area (Å²) in [6.07, 6.45) is 0.411. The fourth-order valence-corrected chi connectivity index (χ4v) is 16.3. The average Bonchev–Trinajstić information content (AvgIpc) is 1.60. The fourth-order valence-electron chi connectivity index (χ4n) is 16.3. The Morgan fingerprint density at radius 2 is 0.504 bits per heavy atom. The van der Waals surface area contributed by atoms with Gasteiger partial charge in [-0.2, -0.15) is 26.3 Å². The lowest BCUT2D eigenvalue weighted by Gasteiger charge is -2.30. The van der Waals surface area contributed by atoms with E-state index in [1.807, 2.05) is 77.7 Å². The molecule has 15 rings (SSSR count). The van der Waals surface area contributed by atoms with Crippen molar-refractivity contribution in [3.8, 4) is 30.3 Å². The third-order valence-corrected chi connectivity index (χ3v) is 22.9. The van der Waals surface area contributed by atoms with Crippen molar-refractivity contribution in [2.45, 2.75) is 135 Å². The van der Waals surface area contributed by atoms with Gasteiger partial charge in [0.25, 0.3) is 0 Å². The van der Waals surface area contributed by atoms with Gasteiger partial charge in [-0.1, -0.05) is 103 Å². The van der Waals surface area contributed by atoms with E-state index < -0.39 is 0 Å². The first-order valence-corrected chi connectivity index (χ1v) is 37.7. The summed E-state index contributed by atoms with van der Waals surface area (Å²) >= 11 is 0. The highest BCUT2D eigenvalue weighted by atomic mass is 15.4. The van der Waals surface area contributed by atoms with Crippen molar-refractivity contribution in [1.29, 1.82) is 26.3 Å². The molecule has 0 fully saturated rings. The molecule has 0 aliphatic carbocycles. The largest absolute Gasteiger partial charge is 0.352 e. The number of anilines is 15. The molecular weight excluding hydrogens is 1420 g/mol. The van der Waals surface area contributed by atoms with Crippen molar-refractivity contribution in [2.75, 3.05) is 84.2 Å². The van der Waals surface area contributed by atoms with E-state index in [2.05, 4.69) is 286 Å². The standard InChI is InChI=1S/C20H20N4.3C19H18N4.C18H16N4/c1-12-9-14(3)19(10-13(12)2)24-15(4)23(6)20-16(11-21)17(22-5)7-8-18(20)24;1-12-6-8-17(13(2)10-12)23-14(3)22(5)19-15(11-20)16(21-4)7-9-18(19)23;1-12-6-7-13(2)18(10-12)23-14(3)22(5)19-15(11-20)16(21-4)8-9-17(19)23;1-12-7-6-8-13(2)18(12)23-14(3)22(5)19-15(11-20)16(21-4)9-10-17(19)23;1-12-7-5-6-8-16(12)22-13(2)21(4)18-14(11-19)15(20-3)9-10-17(18)22/h7-10,15H,1-4,6H3;3*6-10,14H,1-3,5H3;5-10,13H,1-2,4H3/t15-;3*14-;13-/m00000/s1. The molecule has 10 aromatic rings. The van der Waals surface area contributed by atoms with Crippen molar-refractivity contribution in [2.24, 2.45) is 0 Å². The number of nitrogens with zero attached hydrogens (tertiary/aromatic N) is 20. The topological polar surface area (TPSA) is 173 Å². The lowest BCUT2D eigenvalue weighted by molar-refractivity contribution is 0.731. The van der Waals surface area contributed by atoms with Crippen molar-refractivity contribution in [3.05, 3.63) is 292 Å². The minimum Gasteiger partial charge on any atom is -0.352 e. The first-order valence-electron chi connectivity index (χ1n) is 37.7. The van der Waals surface area contributed by atoms with Crippen LogP contribution in [0.25, 0.3) is 24.2 Å². The molecule has 5 atom stereocenters. The quantitative estimate of drug-likeness (QED) is 0.149. The minimum atomic E-state index is 0.0777. The second-order valence-electron chi connectivity index (χ2n) is 29.6. The molecule has 0 aromatic heterocycles. The van der Waals surface area contributed by atoms with E-state index in [0.717, 1.165) is 79.6 Å². The number of hydrogen-bond acceptors (Lipinski definition) is 15. The van der Waals surface area contributed by atoms with Gasteiger partial charge in [0.1, 0.15) is 30.8 Å². The summed E-state index contributed by atoms with van der Waals surface area (Å²) in [6, 6.07) is 61.2. The molecule has 0 unspecified atom stereocenters. The Labute approximate surface area is 677 Å². The van der Waals surface area contributed by atoms with Gasteiger partial charge in [0.2, 0.25) is 28.4 Å². The van der Waals surface area contributed by atoms with Crippen LogP contribution in [-0.2, 0) is 0 Å². The monoisotopic (exact) mass is 1510 g/mol. The maximum Gasteiger partial charge on any atom is 0.206 e. The Kier molecular flexibility index (Phi) is 23.2. The predicted octanol–water partition coefficient (Wildman–Crippen LogP) is 23.3. The number of benzene rings is 10. The van der Waals surface area contributed by atoms with Gasteiger partial charge >= 0.3 is 0 Å². The lowest BCUT2D eigenvalue weighted by Crippen LogP contribution is -2.36. The van der Waals surface area contributed by atoms with Crippen LogP contribution in [0.15, 0.2) is 152 Å². The molecule has 20 heteroatoms. The van der Waals surface area contributed by atoms with E-state index in [1.165, 1.54) is 61.3 Å². The molecular formula is C95H90N20. The molecule has 570 valence electrons. The number of fused-ring (bicyclic) bond motifs is 5. The normalized spacial score (nSPS) is 16.0. The Hall–Kier alpha value is -14.9. The van der Waals surface area contributed by atoms with Crippen LogP contribution in [0.4, 0.5) is 114 Å². The maximum atomic E-state index is 9.57.